The van der Waals surface area contributed by atoms with Crippen molar-refractivity contribution in [1.82, 2.24) is 10.2 Å². The summed E-state index contributed by atoms with van der Waals surface area (Å²) in [6, 6.07) is 10.5. The van der Waals surface area contributed by atoms with Crippen LogP contribution < -0.4 is 10.2 Å². The average Bonchev–Trinajstić information content (AvgIpc) is 3.20. The Labute approximate surface area is 152 Å². The minimum atomic E-state index is -0.265. The van der Waals surface area contributed by atoms with E-state index in [0.29, 0.717) is 45.6 Å². The van der Waals surface area contributed by atoms with Gasteiger partial charge in [0.2, 0.25) is 5.91 Å². The van der Waals surface area contributed by atoms with Crippen molar-refractivity contribution in [3.8, 4) is 5.75 Å². The summed E-state index contributed by atoms with van der Waals surface area (Å²) in [5.41, 5.74) is 0.806. The summed E-state index contributed by atoms with van der Waals surface area (Å²) >= 11 is 0. The van der Waals surface area contributed by atoms with Crippen molar-refractivity contribution in [1.29, 1.82) is 0 Å². The first-order valence-corrected chi connectivity index (χ1v) is 8.77. The topological polar surface area (TPSA) is 86.0 Å². The van der Waals surface area contributed by atoms with Gasteiger partial charge in [-0.1, -0.05) is 12.1 Å². The summed E-state index contributed by atoms with van der Waals surface area (Å²) in [6.07, 6.45) is 2.44. The number of carbonyl (C=O) groups excluding carboxylic acids is 2. The Morgan fingerprint density at radius 3 is 2.54 bits per heavy atom. The van der Waals surface area contributed by atoms with Crippen LogP contribution in [0.25, 0.3) is 0 Å². The Hall–Kier alpha value is -2.96. The second kappa shape index (κ2) is 8.42. The highest BCUT2D eigenvalue weighted by atomic mass is 16.3. The Morgan fingerprint density at radius 1 is 1.08 bits per heavy atom. The summed E-state index contributed by atoms with van der Waals surface area (Å²) < 4.78 is 5.01. The number of piperazine rings is 1. The first-order chi connectivity index (χ1) is 12.6. The van der Waals surface area contributed by atoms with Gasteiger partial charge in [-0.3, -0.25) is 9.59 Å². The molecule has 0 spiro atoms. The van der Waals surface area contributed by atoms with Crippen molar-refractivity contribution in [2.75, 3.05) is 37.6 Å². The largest absolute Gasteiger partial charge is 0.506 e. The lowest BCUT2D eigenvalue weighted by Gasteiger charge is -2.36. The number of nitrogens with one attached hydrogen (secondary N) is 1. The fourth-order valence-electron chi connectivity index (χ4n) is 3.02. The number of furan rings is 1. The van der Waals surface area contributed by atoms with E-state index in [0.717, 1.165) is 5.69 Å². The van der Waals surface area contributed by atoms with Crippen LogP contribution in [0.1, 0.15) is 23.4 Å². The molecule has 1 aliphatic rings. The van der Waals surface area contributed by atoms with Crippen LogP contribution in [0.15, 0.2) is 47.1 Å². The molecule has 1 aliphatic heterocycles. The molecule has 0 radical (unpaired) electrons. The molecule has 2 N–H and O–H groups in total. The molecule has 0 aliphatic carbocycles. The number of phenolic OH excluding ortho intramolecular Hbond substituents is 1. The standard InChI is InChI=1S/C19H23N3O4/c23-16-6-2-1-5-15(16)21-10-12-22(13-11-21)18(24)8-3-9-20-19(25)17-7-4-14-26-17/h1-2,4-7,14,23H,3,8-13H2,(H,20,25). The van der Waals surface area contributed by atoms with E-state index in [4.69, 9.17) is 4.42 Å². The van der Waals surface area contributed by atoms with Crippen LogP contribution in [0.3, 0.4) is 0 Å². The molecule has 0 bridgehead atoms. The monoisotopic (exact) mass is 357 g/mol. The quantitative estimate of drug-likeness (QED) is 0.771. The Kier molecular flexibility index (Phi) is 5.78. The van der Waals surface area contributed by atoms with Gasteiger partial charge in [0, 0.05) is 39.1 Å². The predicted molar refractivity (Wildman–Crippen MR) is 97.2 cm³/mol. The van der Waals surface area contributed by atoms with E-state index < -0.39 is 0 Å². The number of nitrogens with zero attached hydrogens (tertiary/aromatic N) is 2. The number of para-hydroxylation sites is 2. The zero-order chi connectivity index (χ0) is 18.4. The van der Waals surface area contributed by atoms with E-state index in [2.05, 4.69) is 10.2 Å². The number of amides is 2. The summed E-state index contributed by atoms with van der Waals surface area (Å²) in [4.78, 5) is 28.0. The van der Waals surface area contributed by atoms with Crippen LogP contribution in [-0.4, -0.2) is 54.5 Å². The number of hydrogen-bond acceptors (Lipinski definition) is 5. The van der Waals surface area contributed by atoms with E-state index in [1.807, 2.05) is 17.0 Å². The molecule has 3 rings (SSSR count). The Bertz CT molecular complexity index is 737. The SMILES string of the molecule is O=C(NCCCC(=O)N1CCN(c2ccccc2O)CC1)c1ccco1. The molecule has 1 fully saturated rings. The van der Waals surface area contributed by atoms with Crippen LogP contribution in [0.5, 0.6) is 5.75 Å². The second-order valence-corrected chi connectivity index (χ2v) is 6.19. The number of phenols is 1. The molecule has 0 unspecified atom stereocenters. The summed E-state index contributed by atoms with van der Waals surface area (Å²) in [5.74, 6) is 0.365. The number of anilines is 1. The minimum absolute atomic E-state index is 0.0918. The van der Waals surface area contributed by atoms with Gasteiger partial charge in [-0.15, -0.1) is 0 Å². The van der Waals surface area contributed by atoms with Gasteiger partial charge in [-0.25, -0.2) is 0 Å². The van der Waals surface area contributed by atoms with E-state index >= 15 is 0 Å². The lowest BCUT2D eigenvalue weighted by atomic mass is 10.2. The lowest BCUT2D eigenvalue weighted by Crippen LogP contribution is -2.48. The van der Waals surface area contributed by atoms with Crippen molar-refractivity contribution in [3.63, 3.8) is 0 Å². The highest BCUT2D eigenvalue weighted by molar-refractivity contribution is 5.91. The third kappa shape index (κ3) is 4.36. The maximum Gasteiger partial charge on any atom is 0.286 e. The molecular formula is C19H23N3O4. The molecule has 138 valence electrons. The maximum atomic E-state index is 12.3. The minimum Gasteiger partial charge on any atom is -0.506 e. The van der Waals surface area contributed by atoms with E-state index in [1.54, 1.807) is 24.3 Å². The van der Waals surface area contributed by atoms with Crippen LogP contribution >= 0.6 is 0 Å². The smallest absolute Gasteiger partial charge is 0.286 e. The van der Waals surface area contributed by atoms with E-state index in [9.17, 15) is 14.7 Å². The Balaban J connectivity index is 1.37. The number of aromatic hydroxyl groups is 1. The molecule has 0 atom stereocenters. The second-order valence-electron chi connectivity index (χ2n) is 6.19. The molecule has 7 nitrogen and oxygen atoms in total. The zero-order valence-electron chi connectivity index (χ0n) is 14.6. The highest BCUT2D eigenvalue weighted by Crippen LogP contribution is 2.27. The lowest BCUT2D eigenvalue weighted by molar-refractivity contribution is -0.131. The van der Waals surface area contributed by atoms with Gasteiger partial charge in [0.1, 0.15) is 5.75 Å². The van der Waals surface area contributed by atoms with Crippen molar-refractivity contribution in [2.45, 2.75) is 12.8 Å². The van der Waals surface area contributed by atoms with Gasteiger partial charge in [-0.05, 0) is 30.7 Å². The van der Waals surface area contributed by atoms with Crippen molar-refractivity contribution >= 4 is 17.5 Å². The van der Waals surface area contributed by atoms with Crippen LogP contribution in [-0.2, 0) is 4.79 Å². The number of carbonyl (C=O) groups is 2. The number of benzene rings is 1. The van der Waals surface area contributed by atoms with Crippen LogP contribution in [0.2, 0.25) is 0 Å². The van der Waals surface area contributed by atoms with Gasteiger partial charge in [0.25, 0.3) is 5.91 Å². The molecule has 2 aromatic rings. The van der Waals surface area contributed by atoms with Crippen molar-refractivity contribution < 1.29 is 19.1 Å². The fraction of sp³-hybridized carbons (Fsp3) is 0.368. The molecule has 7 heteroatoms. The third-order valence-corrected chi connectivity index (χ3v) is 4.45. The molecule has 1 aromatic heterocycles. The van der Waals surface area contributed by atoms with Gasteiger partial charge in [0.15, 0.2) is 5.76 Å². The molecule has 26 heavy (non-hydrogen) atoms. The average molecular weight is 357 g/mol. The van der Waals surface area contributed by atoms with Gasteiger partial charge < -0.3 is 24.6 Å². The zero-order valence-corrected chi connectivity index (χ0v) is 14.6. The van der Waals surface area contributed by atoms with Gasteiger partial charge in [-0.2, -0.15) is 0 Å². The van der Waals surface area contributed by atoms with Gasteiger partial charge >= 0.3 is 0 Å². The molecule has 0 saturated carbocycles. The fourth-order valence-corrected chi connectivity index (χ4v) is 3.02. The van der Waals surface area contributed by atoms with E-state index in [-0.39, 0.29) is 23.3 Å². The third-order valence-electron chi connectivity index (χ3n) is 4.45. The summed E-state index contributed by atoms with van der Waals surface area (Å²) in [7, 11) is 0. The van der Waals surface area contributed by atoms with Crippen LogP contribution in [0.4, 0.5) is 5.69 Å². The predicted octanol–water partition coefficient (Wildman–Crippen LogP) is 1.84. The van der Waals surface area contributed by atoms with Crippen molar-refractivity contribution in [3.05, 3.63) is 48.4 Å². The highest BCUT2D eigenvalue weighted by Gasteiger charge is 2.22. The summed E-state index contributed by atoms with van der Waals surface area (Å²) in [6.45, 7) is 3.08. The Morgan fingerprint density at radius 2 is 1.85 bits per heavy atom. The van der Waals surface area contributed by atoms with Crippen molar-refractivity contribution in [2.24, 2.45) is 0 Å². The number of rotatable bonds is 6. The molecule has 1 saturated heterocycles. The molecular weight excluding hydrogens is 334 g/mol. The summed E-state index contributed by atoms with van der Waals surface area (Å²) in [5, 5.41) is 12.7. The molecule has 1 aromatic carbocycles. The number of hydrogen-bond donors (Lipinski definition) is 2. The van der Waals surface area contributed by atoms with E-state index in [1.165, 1.54) is 6.26 Å². The van der Waals surface area contributed by atoms with Crippen LogP contribution in [0, 0.1) is 0 Å². The molecule has 2 amide bonds. The molecule has 2 heterocycles. The first-order valence-electron chi connectivity index (χ1n) is 8.77. The first kappa shape index (κ1) is 17.8. The normalized spacial score (nSPS) is 14.3. The maximum absolute atomic E-state index is 12.3. The van der Waals surface area contributed by atoms with Gasteiger partial charge in [0.05, 0.1) is 12.0 Å².